The summed E-state index contributed by atoms with van der Waals surface area (Å²) in [6.07, 6.45) is 1.48. The quantitative estimate of drug-likeness (QED) is 0.576. The second-order valence-electron chi connectivity index (χ2n) is 8.00. The van der Waals surface area contributed by atoms with E-state index in [0.29, 0.717) is 42.3 Å². The number of carbonyl (C=O) groups is 3. The number of aromatic nitrogens is 1. The smallest absolute Gasteiger partial charge is 0.237 e. The van der Waals surface area contributed by atoms with Crippen LogP contribution < -0.4 is 10.6 Å². The monoisotopic (exact) mass is 431 g/mol. The maximum atomic E-state index is 12.6. The van der Waals surface area contributed by atoms with Crippen molar-refractivity contribution in [2.75, 3.05) is 5.32 Å². The molecule has 7 nitrogen and oxygen atoms in total. The Morgan fingerprint density at radius 3 is 2.50 bits per heavy atom. The summed E-state index contributed by atoms with van der Waals surface area (Å²) in [5.41, 5.74) is 2.19. The van der Waals surface area contributed by atoms with Gasteiger partial charge in [-0.3, -0.25) is 19.7 Å². The number of imide groups is 1. The minimum absolute atomic E-state index is 0.0906. The van der Waals surface area contributed by atoms with E-state index in [0.717, 1.165) is 11.1 Å². The zero-order valence-electron chi connectivity index (χ0n) is 18.1. The fraction of sp³-hybridized carbons (Fsp3) is 0.280. The third-order valence-corrected chi connectivity index (χ3v) is 6.03. The Kier molecular flexibility index (Phi) is 5.90. The molecular weight excluding hydrogens is 406 g/mol. The van der Waals surface area contributed by atoms with Crippen LogP contribution in [0.3, 0.4) is 0 Å². The minimum Gasteiger partial charge on any atom is -0.441 e. The summed E-state index contributed by atoms with van der Waals surface area (Å²) in [7, 11) is 0. The average molecular weight is 431 g/mol. The molecule has 3 aromatic rings. The average Bonchev–Trinajstić information content (AvgIpc) is 3.15. The van der Waals surface area contributed by atoms with Gasteiger partial charge in [0.25, 0.3) is 0 Å². The topological polar surface area (TPSA) is 101 Å². The molecule has 1 aliphatic rings. The first kappa shape index (κ1) is 21.5. The molecule has 1 saturated heterocycles. The fourth-order valence-electron chi connectivity index (χ4n) is 4.09. The molecule has 1 atom stereocenters. The number of nitrogens with zero attached hydrogens (tertiary/aromatic N) is 1. The Bertz CT molecular complexity index is 1150. The van der Waals surface area contributed by atoms with Crippen molar-refractivity contribution < 1.29 is 18.8 Å². The molecular formula is C25H25N3O4. The van der Waals surface area contributed by atoms with Crippen molar-refractivity contribution in [1.29, 1.82) is 0 Å². The lowest BCUT2D eigenvalue weighted by molar-refractivity contribution is -0.138. The van der Waals surface area contributed by atoms with E-state index in [2.05, 4.69) is 15.6 Å². The zero-order valence-corrected chi connectivity index (χ0v) is 18.1. The molecule has 0 spiro atoms. The van der Waals surface area contributed by atoms with Crippen LogP contribution in [0.1, 0.15) is 43.2 Å². The number of hydrogen-bond acceptors (Lipinski definition) is 5. The SMILES string of the molecule is CCC1(c2ccc(NC(=O)Cc3nc(-c4ccccc4)oc3C)cc2)CCC(=O)NC1=O. The number of piperidine rings is 1. The first-order chi connectivity index (χ1) is 15.4. The third-order valence-electron chi connectivity index (χ3n) is 6.03. The molecule has 1 fully saturated rings. The van der Waals surface area contributed by atoms with Crippen LogP contribution in [0.5, 0.6) is 0 Å². The second-order valence-corrected chi connectivity index (χ2v) is 8.00. The zero-order chi connectivity index (χ0) is 22.7. The Morgan fingerprint density at radius 1 is 1.12 bits per heavy atom. The molecule has 1 aliphatic heterocycles. The molecule has 0 bridgehead atoms. The third kappa shape index (κ3) is 4.19. The molecule has 0 saturated carbocycles. The highest BCUT2D eigenvalue weighted by Crippen LogP contribution is 2.36. The molecule has 4 rings (SSSR count). The van der Waals surface area contributed by atoms with Gasteiger partial charge >= 0.3 is 0 Å². The Labute approximate surface area is 186 Å². The number of benzene rings is 2. The molecule has 0 radical (unpaired) electrons. The van der Waals surface area contributed by atoms with Gasteiger partial charge in [-0.05, 0) is 49.6 Å². The predicted octanol–water partition coefficient (Wildman–Crippen LogP) is 3.92. The number of hydrogen-bond donors (Lipinski definition) is 2. The highest BCUT2D eigenvalue weighted by Gasteiger charge is 2.42. The van der Waals surface area contributed by atoms with Crippen LogP contribution in [-0.2, 0) is 26.2 Å². The summed E-state index contributed by atoms with van der Waals surface area (Å²) in [4.78, 5) is 41.1. The Morgan fingerprint density at radius 2 is 1.84 bits per heavy atom. The molecule has 0 aliphatic carbocycles. The number of aryl methyl sites for hydroxylation is 1. The van der Waals surface area contributed by atoms with Crippen molar-refractivity contribution >= 4 is 23.4 Å². The van der Waals surface area contributed by atoms with Gasteiger partial charge in [-0.15, -0.1) is 0 Å². The number of nitrogens with one attached hydrogen (secondary N) is 2. The van der Waals surface area contributed by atoms with Gasteiger partial charge < -0.3 is 9.73 Å². The van der Waals surface area contributed by atoms with Crippen molar-refractivity contribution in [1.82, 2.24) is 10.3 Å². The van der Waals surface area contributed by atoms with Gasteiger partial charge in [0.05, 0.1) is 17.5 Å². The highest BCUT2D eigenvalue weighted by molar-refractivity contribution is 6.03. The lowest BCUT2D eigenvalue weighted by Gasteiger charge is -2.35. The highest BCUT2D eigenvalue weighted by atomic mass is 16.4. The van der Waals surface area contributed by atoms with E-state index in [1.165, 1.54) is 0 Å². The van der Waals surface area contributed by atoms with Crippen LogP contribution in [0.15, 0.2) is 59.0 Å². The summed E-state index contributed by atoms with van der Waals surface area (Å²) < 4.78 is 5.72. The van der Waals surface area contributed by atoms with E-state index >= 15 is 0 Å². The first-order valence-electron chi connectivity index (χ1n) is 10.7. The van der Waals surface area contributed by atoms with Crippen LogP contribution in [0.4, 0.5) is 5.69 Å². The maximum absolute atomic E-state index is 12.6. The number of rotatable bonds is 6. The molecule has 2 aromatic carbocycles. The molecule has 7 heteroatoms. The van der Waals surface area contributed by atoms with Gasteiger partial charge in [-0.25, -0.2) is 4.98 Å². The minimum atomic E-state index is -0.720. The van der Waals surface area contributed by atoms with Gasteiger partial charge in [-0.1, -0.05) is 37.3 Å². The van der Waals surface area contributed by atoms with Crippen molar-refractivity contribution in [2.45, 2.75) is 44.9 Å². The van der Waals surface area contributed by atoms with E-state index < -0.39 is 5.41 Å². The fourth-order valence-corrected chi connectivity index (χ4v) is 4.09. The van der Waals surface area contributed by atoms with Gasteiger partial charge in [0.1, 0.15) is 5.76 Å². The molecule has 1 unspecified atom stereocenters. The van der Waals surface area contributed by atoms with Gasteiger partial charge in [0, 0.05) is 17.7 Å². The van der Waals surface area contributed by atoms with Gasteiger partial charge in [0.15, 0.2) is 0 Å². The first-order valence-corrected chi connectivity index (χ1v) is 10.7. The van der Waals surface area contributed by atoms with Crippen LogP contribution >= 0.6 is 0 Å². The van der Waals surface area contributed by atoms with E-state index in [-0.39, 0.29) is 24.1 Å². The Balaban J connectivity index is 1.44. The van der Waals surface area contributed by atoms with Gasteiger partial charge in [0.2, 0.25) is 23.6 Å². The lowest BCUT2D eigenvalue weighted by atomic mass is 9.72. The van der Waals surface area contributed by atoms with Crippen LogP contribution in [0.2, 0.25) is 0 Å². The summed E-state index contributed by atoms with van der Waals surface area (Å²) in [5, 5.41) is 5.32. The number of amides is 3. The maximum Gasteiger partial charge on any atom is 0.237 e. The molecule has 2 heterocycles. The van der Waals surface area contributed by atoms with Crippen molar-refractivity contribution in [3.8, 4) is 11.5 Å². The summed E-state index contributed by atoms with van der Waals surface area (Å²) in [6, 6.07) is 16.8. The van der Waals surface area contributed by atoms with Crippen molar-refractivity contribution in [3.05, 3.63) is 71.6 Å². The molecule has 2 N–H and O–H groups in total. The van der Waals surface area contributed by atoms with Crippen LogP contribution in [0, 0.1) is 6.92 Å². The van der Waals surface area contributed by atoms with Crippen LogP contribution in [0.25, 0.3) is 11.5 Å². The van der Waals surface area contributed by atoms with Crippen LogP contribution in [-0.4, -0.2) is 22.7 Å². The number of anilines is 1. The predicted molar refractivity (Wildman–Crippen MR) is 120 cm³/mol. The normalized spacial score (nSPS) is 18.3. The second kappa shape index (κ2) is 8.78. The van der Waals surface area contributed by atoms with E-state index in [4.69, 9.17) is 4.42 Å². The summed E-state index contributed by atoms with van der Waals surface area (Å²) >= 11 is 0. The molecule has 164 valence electrons. The van der Waals surface area contributed by atoms with Crippen molar-refractivity contribution in [2.24, 2.45) is 0 Å². The van der Waals surface area contributed by atoms with Gasteiger partial charge in [-0.2, -0.15) is 0 Å². The largest absolute Gasteiger partial charge is 0.441 e. The summed E-state index contributed by atoms with van der Waals surface area (Å²) in [6.45, 7) is 3.73. The number of oxazole rings is 1. The van der Waals surface area contributed by atoms with Crippen molar-refractivity contribution in [3.63, 3.8) is 0 Å². The number of carbonyl (C=O) groups excluding carboxylic acids is 3. The van der Waals surface area contributed by atoms with E-state index in [1.54, 1.807) is 19.1 Å². The molecule has 1 aromatic heterocycles. The molecule has 32 heavy (non-hydrogen) atoms. The summed E-state index contributed by atoms with van der Waals surface area (Å²) in [5.74, 6) is 0.395. The Hall–Kier alpha value is -3.74. The molecule has 3 amide bonds. The lowest BCUT2D eigenvalue weighted by Crippen LogP contribution is -2.51. The van der Waals surface area contributed by atoms with E-state index in [1.807, 2.05) is 49.4 Å². The standard InChI is InChI=1S/C25H25N3O4/c1-3-25(14-13-21(29)28-24(25)31)18-9-11-19(12-10-18)26-22(30)15-20-16(2)32-23(27-20)17-7-5-4-6-8-17/h4-12H,3,13-15H2,1-2H3,(H,26,30)(H,28,29,31). The van der Waals surface area contributed by atoms with E-state index in [9.17, 15) is 14.4 Å².